The lowest BCUT2D eigenvalue weighted by Crippen LogP contribution is -2.14. The van der Waals surface area contributed by atoms with E-state index in [1.54, 1.807) is 12.1 Å². The highest BCUT2D eigenvalue weighted by molar-refractivity contribution is 5.81. The summed E-state index contributed by atoms with van der Waals surface area (Å²) in [6.07, 6.45) is -7.38. The largest absolute Gasteiger partial charge is 0.463 e. The zero-order chi connectivity index (χ0) is 18.9. The molecule has 3 aromatic rings. The van der Waals surface area contributed by atoms with Crippen LogP contribution in [0.4, 0.5) is 32.2 Å². The Kier molecular flexibility index (Phi) is 4.30. The summed E-state index contributed by atoms with van der Waals surface area (Å²) in [5, 5.41) is 3.18. The van der Waals surface area contributed by atoms with Crippen molar-refractivity contribution in [2.24, 2.45) is 5.10 Å². The molecule has 3 aromatic heterocycles. The molecule has 0 atom stereocenters. The SMILES string of the molecule is FC(F)(F)c1cc(C(F)(F)F)c2ccc(NN=Cc3ccco3)nc2n1. The maximum atomic E-state index is 13.1. The summed E-state index contributed by atoms with van der Waals surface area (Å²) in [6, 6.07) is 5.28. The van der Waals surface area contributed by atoms with Gasteiger partial charge in [0.15, 0.2) is 5.65 Å². The average Bonchev–Trinajstić information content (AvgIpc) is 3.05. The van der Waals surface area contributed by atoms with Gasteiger partial charge >= 0.3 is 12.4 Å². The molecule has 0 fully saturated rings. The molecule has 0 amide bonds. The van der Waals surface area contributed by atoms with Gasteiger partial charge < -0.3 is 4.42 Å². The number of furan rings is 1. The molecule has 0 aliphatic carbocycles. The van der Waals surface area contributed by atoms with Crippen LogP contribution in [-0.4, -0.2) is 16.2 Å². The predicted molar refractivity (Wildman–Crippen MR) is 79.5 cm³/mol. The van der Waals surface area contributed by atoms with Gasteiger partial charge in [0.2, 0.25) is 0 Å². The Morgan fingerprint density at radius 1 is 1.00 bits per heavy atom. The summed E-state index contributed by atoms with van der Waals surface area (Å²) in [7, 11) is 0. The van der Waals surface area contributed by atoms with Crippen molar-refractivity contribution in [3.8, 4) is 0 Å². The van der Waals surface area contributed by atoms with Crippen molar-refractivity contribution in [1.29, 1.82) is 0 Å². The Labute approximate surface area is 141 Å². The van der Waals surface area contributed by atoms with Gasteiger partial charge in [-0.15, -0.1) is 0 Å². The molecular weight excluding hydrogens is 366 g/mol. The molecule has 3 rings (SSSR count). The fourth-order valence-electron chi connectivity index (χ4n) is 2.07. The van der Waals surface area contributed by atoms with Gasteiger partial charge in [-0.3, -0.25) is 5.43 Å². The first-order chi connectivity index (χ1) is 12.1. The Morgan fingerprint density at radius 2 is 1.77 bits per heavy atom. The van der Waals surface area contributed by atoms with E-state index in [4.69, 9.17) is 4.42 Å². The molecule has 0 spiro atoms. The number of pyridine rings is 2. The number of halogens is 6. The van der Waals surface area contributed by atoms with E-state index in [-0.39, 0.29) is 11.9 Å². The molecule has 0 aliphatic heterocycles. The number of anilines is 1. The first-order valence-corrected chi connectivity index (χ1v) is 6.93. The quantitative estimate of drug-likeness (QED) is 0.410. The smallest absolute Gasteiger partial charge is 0.433 e. The van der Waals surface area contributed by atoms with Gasteiger partial charge in [0.05, 0.1) is 18.0 Å². The van der Waals surface area contributed by atoms with Crippen molar-refractivity contribution < 1.29 is 30.8 Å². The van der Waals surface area contributed by atoms with Crippen LogP contribution in [0.5, 0.6) is 0 Å². The van der Waals surface area contributed by atoms with Crippen LogP contribution in [-0.2, 0) is 12.4 Å². The summed E-state index contributed by atoms with van der Waals surface area (Å²) in [6.45, 7) is 0. The summed E-state index contributed by atoms with van der Waals surface area (Å²) in [5.74, 6) is 0.301. The van der Waals surface area contributed by atoms with E-state index < -0.39 is 34.6 Å². The van der Waals surface area contributed by atoms with Crippen LogP contribution in [0, 0.1) is 0 Å². The van der Waals surface area contributed by atoms with Crippen LogP contribution in [0.2, 0.25) is 0 Å². The third kappa shape index (κ3) is 3.76. The van der Waals surface area contributed by atoms with Gasteiger partial charge in [0.1, 0.15) is 17.3 Å². The highest BCUT2D eigenvalue weighted by Crippen LogP contribution is 2.38. The summed E-state index contributed by atoms with van der Waals surface area (Å²) in [4.78, 5) is 6.87. The number of hydrogen-bond acceptors (Lipinski definition) is 5. The molecular formula is C15H8F6N4O. The van der Waals surface area contributed by atoms with Gasteiger partial charge in [-0.1, -0.05) is 0 Å². The molecule has 0 saturated heterocycles. The van der Waals surface area contributed by atoms with E-state index in [0.717, 1.165) is 12.1 Å². The van der Waals surface area contributed by atoms with E-state index in [1.807, 2.05) is 0 Å². The maximum Gasteiger partial charge on any atom is 0.433 e. The van der Waals surface area contributed by atoms with Crippen molar-refractivity contribution in [3.05, 3.63) is 53.6 Å². The van der Waals surface area contributed by atoms with E-state index in [2.05, 4.69) is 20.5 Å². The second kappa shape index (κ2) is 6.32. The topological polar surface area (TPSA) is 63.3 Å². The number of alkyl halides is 6. The standard InChI is InChI=1S/C15H8F6N4O/c16-14(17,18)10-6-11(15(19,20)21)23-13-9(10)3-4-12(24-13)25-22-7-8-2-1-5-26-8/h1-7H,(H,23,24,25). The zero-order valence-corrected chi connectivity index (χ0v) is 12.6. The fourth-order valence-corrected chi connectivity index (χ4v) is 2.07. The summed E-state index contributed by atoms with van der Waals surface area (Å²) < 4.78 is 82.7. The van der Waals surface area contributed by atoms with Crippen molar-refractivity contribution >= 4 is 23.1 Å². The van der Waals surface area contributed by atoms with E-state index in [0.29, 0.717) is 5.76 Å². The molecule has 11 heteroatoms. The minimum absolute atomic E-state index is 0.0355. The van der Waals surface area contributed by atoms with Crippen molar-refractivity contribution in [2.45, 2.75) is 12.4 Å². The Balaban J connectivity index is 2.02. The van der Waals surface area contributed by atoms with Crippen LogP contribution in [0.1, 0.15) is 17.0 Å². The van der Waals surface area contributed by atoms with Gasteiger partial charge in [-0.25, -0.2) is 9.97 Å². The molecule has 3 heterocycles. The minimum Gasteiger partial charge on any atom is -0.463 e. The lowest BCUT2D eigenvalue weighted by atomic mass is 10.1. The van der Waals surface area contributed by atoms with Crippen LogP contribution in [0.25, 0.3) is 11.0 Å². The molecule has 0 saturated carbocycles. The van der Waals surface area contributed by atoms with E-state index in [9.17, 15) is 26.3 Å². The van der Waals surface area contributed by atoms with Crippen molar-refractivity contribution in [3.63, 3.8) is 0 Å². The van der Waals surface area contributed by atoms with Crippen molar-refractivity contribution in [2.75, 3.05) is 5.43 Å². The van der Waals surface area contributed by atoms with Gasteiger partial charge in [-0.05, 0) is 30.3 Å². The highest BCUT2D eigenvalue weighted by atomic mass is 19.4. The fraction of sp³-hybridized carbons (Fsp3) is 0.133. The molecule has 5 nitrogen and oxygen atoms in total. The second-order valence-electron chi connectivity index (χ2n) is 5.00. The number of hydrazone groups is 1. The molecule has 1 N–H and O–H groups in total. The third-order valence-corrected chi connectivity index (χ3v) is 3.18. The van der Waals surface area contributed by atoms with Gasteiger partial charge in [0, 0.05) is 5.39 Å². The average molecular weight is 374 g/mol. The highest BCUT2D eigenvalue weighted by Gasteiger charge is 2.39. The molecule has 0 bridgehead atoms. The predicted octanol–water partition coefficient (Wildman–Crippen LogP) is 4.71. The number of nitrogens with zero attached hydrogens (tertiary/aromatic N) is 3. The molecule has 0 aliphatic rings. The molecule has 0 radical (unpaired) electrons. The first kappa shape index (κ1) is 17.7. The van der Waals surface area contributed by atoms with E-state index in [1.165, 1.54) is 12.5 Å². The number of aromatic nitrogens is 2. The van der Waals surface area contributed by atoms with Crippen LogP contribution in [0.3, 0.4) is 0 Å². The van der Waals surface area contributed by atoms with Gasteiger partial charge in [0.25, 0.3) is 0 Å². The van der Waals surface area contributed by atoms with Crippen LogP contribution >= 0.6 is 0 Å². The zero-order valence-electron chi connectivity index (χ0n) is 12.6. The molecule has 136 valence electrons. The Hall–Kier alpha value is -3.11. The maximum absolute atomic E-state index is 13.1. The Bertz CT molecular complexity index is 947. The lowest BCUT2D eigenvalue weighted by Gasteiger charge is -2.13. The minimum atomic E-state index is -5.04. The summed E-state index contributed by atoms with van der Waals surface area (Å²) >= 11 is 0. The molecule has 0 unspecified atom stereocenters. The van der Waals surface area contributed by atoms with Crippen LogP contribution < -0.4 is 5.43 Å². The van der Waals surface area contributed by atoms with E-state index >= 15 is 0 Å². The third-order valence-electron chi connectivity index (χ3n) is 3.18. The van der Waals surface area contributed by atoms with Gasteiger partial charge in [-0.2, -0.15) is 31.4 Å². The van der Waals surface area contributed by atoms with Crippen molar-refractivity contribution in [1.82, 2.24) is 9.97 Å². The number of hydrogen-bond donors (Lipinski definition) is 1. The first-order valence-electron chi connectivity index (χ1n) is 6.93. The molecule has 26 heavy (non-hydrogen) atoms. The lowest BCUT2D eigenvalue weighted by molar-refractivity contribution is -0.144. The number of rotatable bonds is 3. The normalized spacial score (nSPS) is 12.8. The number of nitrogens with one attached hydrogen (secondary N) is 1. The number of fused-ring (bicyclic) bond motifs is 1. The second-order valence-corrected chi connectivity index (χ2v) is 5.00. The Morgan fingerprint density at radius 3 is 2.38 bits per heavy atom. The summed E-state index contributed by atoms with van der Waals surface area (Å²) in [5.41, 5.74) is -1.46. The van der Waals surface area contributed by atoms with Crippen LogP contribution in [0.15, 0.2) is 46.1 Å². The molecule has 0 aromatic carbocycles. The monoisotopic (exact) mass is 374 g/mol.